The van der Waals surface area contributed by atoms with Crippen LogP contribution in [0.15, 0.2) is 203 Å². The van der Waals surface area contributed by atoms with Gasteiger partial charge in [-0.25, -0.2) is 29.9 Å². The third-order valence-corrected chi connectivity index (χ3v) is 23.1. The van der Waals surface area contributed by atoms with E-state index in [1.165, 1.54) is 49.0 Å². The first-order valence-electron chi connectivity index (χ1n) is 44.3. The van der Waals surface area contributed by atoms with Crippen LogP contribution in [0.25, 0.3) is 0 Å². The van der Waals surface area contributed by atoms with Crippen LogP contribution in [0, 0.1) is 34.6 Å². The number of hydrogen-bond acceptors (Lipinski definition) is 32. The third kappa shape index (κ3) is 27.5. The molecule has 10 aromatic rings. The van der Waals surface area contributed by atoms with Gasteiger partial charge in [0.15, 0.2) is 57.6 Å². The number of benzene rings is 5. The SMILES string of the molecule is C=CC(=O)N1CC[C@@H](N(C)c2cnc(C(N)=O)c(Nc3ccc(C)cc3)n2)C1.C=CC(=O)N1CC[C@@H](Nc2cnc(C(N)=O)c(Nc3ccc(C)cc3)n2)C1.C=CC(=O)N1CC[C@@H](Nc2cnc(C(N)=O)c(Nc3ccc(C)cc3)n2)[C@H]1C.C=CC(=O)N1CC[C@@H](Nc2nnc(C(N)=O)c(Nc3ccc(C)cc3)n2)C1.C=CC(=O)N1CC[C@@H](Nc2nnc(C(N)=O)c(Nc3ccc(C)cc3)n2)[C@H]1C. The molecule has 19 N–H and O–H groups in total. The minimum absolute atomic E-state index is 0.0117. The molecule has 0 bridgehead atoms. The van der Waals surface area contributed by atoms with Crippen molar-refractivity contribution in [3.05, 3.63) is 259 Å². The van der Waals surface area contributed by atoms with Gasteiger partial charge in [-0.15, -0.1) is 20.4 Å². The number of hydrogen-bond donors (Lipinski definition) is 14. The maximum Gasteiger partial charge on any atom is 0.273 e. The van der Waals surface area contributed by atoms with Gasteiger partial charge in [-0.1, -0.05) is 121 Å². The Morgan fingerprint density at radius 3 is 0.986 bits per heavy atom. The molecular formula is C96H114N32O10. The molecule has 15 rings (SSSR count). The largest absolute Gasteiger partial charge is 0.364 e. The summed E-state index contributed by atoms with van der Waals surface area (Å²) in [6.07, 6.45) is 14.9. The number of nitrogens with two attached hydrogens (primary N) is 5. The van der Waals surface area contributed by atoms with Crippen LogP contribution in [0.5, 0.6) is 0 Å². The molecule has 5 aromatic heterocycles. The predicted molar refractivity (Wildman–Crippen MR) is 529 cm³/mol. The van der Waals surface area contributed by atoms with E-state index >= 15 is 0 Å². The number of likely N-dealkylation sites (tertiary alicyclic amines) is 5. The molecule has 718 valence electrons. The van der Waals surface area contributed by atoms with Crippen LogP contribution in [0.3, 0.4) is 0 Å². The summed E-state index contributed by atoms with van der Waals surface area (Å²) >= 11 is 0. The first-order valence-corrected chi connectivity index (χ1v) is 44.3. The Labute approximate surface area is 797 Å². The molecular weight excluding hydrogens is 1760 g/mol. The van der Waals surface area contributed by atoms with Gasteiger partial charge < -0.3 is 106 Å². The summed E-state index contributed by atoms with van der Waals surface area (Å²) in [5, 5.41) is 44.1. The van der Waals surface area contributed by atoms with E-state index in [0.717, 1.165) is 88.4 Å². The summed E-state index contributed by atoms with van der Waals surface area (Å²) in [6, 6.07) is 38.3. The Balaban J connectivity index is 0.000000165. The van der Waals surface area contributed by atoms with Crippen LogP contribution < -0.4 is 81.4 Å². The van der Waals surface area contributed by atoms with Crippen molar-refractivity contribution < 1.29 is 47.9 Å². The lowest BCUT2D eigenvalue weighted by atomic mass is 10.1. The number of nitrogens with one attached hydrogen (secondary N) is 9. The first kappa shape index (κ1) is 101. The number of aromatic nitrogens is 12. The van der Waals surface area contributed by atoms with Crippen molar-refractivity contribution in [2.75, 3.05) is 112 Å². The molecule has 5 fully saturated rings. The average Bonchev–Trinajstić information content (AvgIpc) is 1.40. The molecule has 0 radical (unpaired) electrons. The predicted octanol–water partition coefficient (Wildman–Crippen LogP) is 8.72. The molecule has 0 spiro atoms. The second kappa shape index (κ2) is 47.4. The van der Waals surface area contributed by atoms with Crippen molar-refractivity contribution >= 4 is 146 Å². The Morgan fingerprint density at radius 1 is 0.341 bits per heavy atom. The third-order valence-electron chi connectivity index (χ3n) is 23.1. The molecule has 5 aliphatic heterocycles. The van der Waals surface area contributed by atoms with Crippen LogP contribution in [0.4, 0.5) is 86.9 Å². The fourth-order valence-corrected chi connectivity index (χ4v) is 15.3. The zero-order chi connectivity index (χ0) is 99.6. The lowest BCUT2D eigenvalue weighted by Gasteiger charge is -2.26. The van der Waals surface area contributed by atoms with E-state index in [9.17, 15) is 47.9 Å². The molecule has 5 aromatic carbocycles. The summed E-state index contributed by atoms with van der Waals surface area (Å²) in [5.41, 5.74) is 36.6. The van der Waals surface area contributed by atoms with E-state index in [1.54, 1.807) is 24.5 Å². The summed E-state index contributed by atoms with van der Waals surface area (Å²) in [6.45, 7) is 36.4. The highest BCUT2D eigenvalue weighted by molar-refractivity contribution is 6.00. The lowest BCUT2D eigenvalue weighted by molar-refractivity contribution is -0.127. The minimum Gasteiger partial charge on any atom is -0.364 e. The number of likely N-dealkylation sites (N-methyl/N-ethyl adjacent to an activating group) is 1. The van der Waals surface area contributed by atoms with Gasteiger partial charge in [-0.2, -0.15) is 9.97 Å². The molecule has 0 saturated carbocycles. The van der Waals surface area contributed by atoms with Gasteiger partial charge in [-0.05, 0) is 172 Å². The van der Waals surface area contributed by atoms with Gasteiger partial charge in [-0.3, -0.25) is 47.9 Å². The topological polar surface area (TPSA) is 583 Å². The second-order valence-electron chi connectivity index (χ2n) is 33.1. The number of anilines is 15. The van der Waals surface area contributed by atoms with Crippen LogP contribution in [0.2, 0.25) is 0 Å². The highest BCUT2D eigenvalue weighted by Crippen LogP contribution is 2.31. The lowest BCUT2D eigenvalue weighted by Crippen LogP contribution is -2.39. The van der Waals surface area contributed by atoms with Gasteiger partial charge in [0.1, 0.15) is 17.5 Å². The van der Waals surface area contributed by atoms with Gasteiger partial charge in [0.05, 0.1) is 24.6 Å². The van der Waals surface area contributed by atoms with Crippen LogP contribution >= 0.6 is 0 Å². The quantitative estimate of drug-likeness (QED) is 0.0187. The van der Waals surface area contributed by atoms with Gasteiger partial charge >= 0.3 is 0 Å². The summed E-state index contributed by atoms with van der Waals surface area (Å²) in [7, 11) is 1.90. The maximum atomic E-state index is 11.9. The number of nitrogens with zero attached hydrogens (tertiary/aromatic N) is 18. The smallest absolute Gasteiger partial charge is 0.273 e. The summed E-state index contributed by atoms with van der Waals surface area (Å²) < 4.78 is 0. The van der Waals surface area contributed by atoms with Crippen LogP contribution in [-0.4, -0.2) is 246 Å². The van der Waals surface area contributed by atoms with E-state index < -0.39 is 29.5 Å². The van der Waals surface area contributed by atoms with E-state index in [2.05, 4.69) is 141 Å². The minimum atomic E-state index is -0.724. The molecule has 0 unspecified atom stereocenters. The number of aryl methyl sites for hydroxylation is 5. The van der Waals surface area contributed by atoms with Crippen LogP contribution in [0.1, 0.15) is 126 Å². The normalized spacial score (nSPS) is 17.0. The Kier molecular flexibility index (Phi) is 34.8. The van der Waals surface area contributed by atoms with E-state index in [-0.39, 0.29) is 135 Å². The Morgan fingerprint density at radius 2 is 0.638 bits per heavy atom. The van der Waals surface area contributed by atoms with Crippen molar-refractivity contribution in [1.29, 1.82) is 0 Å². The summed E-state index contributed by atoms with van der Waals surface area (Å²) in [5.74, 6) is -0.456. The van der Waals surface area contributed by atoms with Crippen molar-refractivity contribution in [2.45, 2.75) is 123 Å². The van der Waals surface area contributed by atoms with Crippen molar-refractivity contribution in [3.63, 3.8) is 0 Å². The van der Waals surface area contributed by atoms with E-state index in [0.29, 0.717) is 75.6 Å². The number of carbonyl (C=O) groups is 10. The zero-order valence-corrected chi connectivity index (χ0v) is 78.0. The molecule has 42 nitrogen and oxygen atoms in total. The van der Waals surface area contributed by atoms with Crippen molar-refractivity contribution in [3.8, 4) is 0 Å². The first-order chi connectivity index (χ1) is 66.1. The molecule has 5 saturated heterocycles. The monoisotopic (exact) mass is 1870 g/mol. The summed E-state index contributed by atoms with van der Waals surface area (Å²) in [4.78, 5) is 163. The molecule has 7 atom stereocenters. The molecule has 10 amide bonds. The maximum absolute atomic E-state index is 11.9. The molecule has 0 aliphatic carbocycles. The highest BCUT2D eigenvalue weighted by atomic mass is 16.2. The van der Waals surface area contributed by atoms with Gasteiger partial charge in [0.25, 0.3) is 29.5 Å². The van der Waals surface area contributed by atoms with Crippen LogP contribution in [-0.2, 0) is 24.0 Å². The van der Waals surface area contributed by atoms with E-state index in [4.69, 9.17) is 28.7 Å². The molecule has 138 heavy (non-hydrogen) atoms. The number of amides is 10. The number of rotatable bonds is 30. The number of primary amides is 5. The fraction of sp³-hybridized carbons (Fsp3) is 0.292. The second-order valence-corrected chi connectivity index (χ2v) is 33.1. The van der Waals surface area contributed by atoms with Crippen molar-refractivity contribution in [1.82, 2.24) is 84.8 Å². The number of carbonyl (C=O) groups excluding carboxylic acids is 10. The van der Waals surface area contributed by atoms with Gasteiger partial charge in [0.2, 0.25) is 41.4 Å². The molecule has 42 heteroatoms. The van der Waals surface area contributed by atoms with Crippen molar-refractivity contribution in [2.24, 2.45) is 28.7 Å². The zero-order valence-electron chi connectivity index (χ0n) is 78.0. The Bertz CT molecular complexity index is 5840. The molecule has 5 aliphatic rings. The van der Waals surface area contributed by atoms with E-state index in [1.807, 2.05) is 182 Å². The Hall–Kier alpha value is -17.2. The highest BCUT2D eigenvalue weighted by Gasteiger charge is 2.37. The standard InChI is InChI=1S/2C20H24N6O2.C19H23N7O2.C19H22N6O2.C18H21N7O2/c1-4-17(27)26-10-9-15(12-26)25(3)16-11-22-18(19(21)28)20(24-16)23-14-7-5-13(2)6-8-14;1-4-17(27)26-10-9-15(13(26)3)24-16-11-22-18(19(21)28)20(25-16)23-14-7-5-12(2)6-8-14;1-4-15(27)26-10-9-14(12(26)3)22-19-23-18(16(17(20)28)24-25-19)21-13-7-5-11(2)6-8-13;1-3-16(26)25-9-8-14(11-25)22-15-10-21-17(18(20)27)19(24-15)23-13-6-4-12(2)5-7-13;1-3-14(26)25-9-8-13(10-25)21-18-22-17(15(16(19)27)23-24-18)20-12-6-4-11(2)5-7-12/h4-8,11,15H,1,9-10,12H2,2-3H3,(H2,21,28)(H,23,24);4-8,11,13,15H,1,9-10H2,2-3H3,(H2,21,28)(H2,23,24,25);4-8,12,14H,1,9-10H2,2-3H3,(H2,20,28)(H2,21,22,23,25);3-7,10,14H,1,8-9,11H2,2H3,(H2,20,27)(H2,22,23,24);3-7,13H,1,8-10H2,2H3,(H2,19,27)(H2,20,21,22,24)/t15-;13-,15-;12-,14-;14-;13-/m11111/s1. The fourth-order valence-electron chi connectivity index (χ4n) is 15.3. The molecule has 10 heterocycles. The average molecular weight is 1880 g/mol. The van der Waals surface area contributed by atoms with Gasteiger partial charge in [0, 0.05) is 124 Å².